The third-order valence-corrected chi connectivity index (χ3v) is 5.59. The molecule has 3 fully saturated rings. The van der Waals surface area contributed by atoms with E-state index in [0.29, 0.717) is 12.0 Å². The van der Waals surface area contributed by atoms with E-state index in [9.17, 15) is 9.59 Å². The van der Waals surface area contributed by atoms with Gasteiger partial charge in [0.1, 0.15) is 6.04 Å². The van der Waals surface area contributed by atoms with E-state index in [1.54, 1.807) is 0 Å². The fourth-order valence-electron chi connectivity index (χ4n) is 4.36. The highest BCUT2D eigenvalue weighted by atomic mass is 16.2. The standard InChI is InChI=1S/C17H29N3O2/c21-16-14(9-4-5-11-18-16)19-17(22)20-12-6-10-15(20)13-7-2-1-3-8-13/h13-15H,1-12H2,(H,18,21)(H,19,22)/t14-,15-/m0/s1. The minimum atomic E-state index is -0.345. The Morgan fingerprint density at radius 1 is 1.00 bits per heavy atom. The van der Waals surface area contributed by atoms with Gasteiger partial charge < -0.3 is 15.5 Å². The van der Waals surface area contributed by atoms with E-state index in [0.717, 1.165) is 45.2 Å². The second-order valence-electron chi connectivity index (χ2n) is 7.09. The van der Waals surface area contributed by atoms with Crippen LogP contribution in [-0.2, 0) is 4.79 Å². The highest BCUT2D eigenvalue weighted by Gasteiger charge is 2.36. The van der Waals surface area contributed by atoms with Crippen molar-refractivity contribution in [2.75, 3.05) is 13.1 Å². The Bertz CT molecular complexity index is 407. The lowest BCUT2D eigenvalue weighted by atomic mass is 9.83. The summed E-state index contributed by atoms with van der Waals surface area (Å²) < 4.78 is 0. The van der Waals surface area contributed by atoms with Gasteiger partial charge in [-0.2, -0.15) is 0 Å². The van der Waals surface area contributed by atoms with Gasteiger partial charge in [-0.1, -0.05) is 19.3 Å². The average molecular weight is 307 g/mol. The van der Waals surface area contributed by atoms with Gasteiger partial charge in [0.25, 0.3) is 0 Å². The Morgan fingerprint density at radius 2 is 1.77 bits per heavy atom. The maximum absolute atomic E-state index is 12.7. The maximum Gasteiger partial charge on any atom is 0.318 e. The monoisotopic (exact) mass is 307 g/mol. The molecular formula is C17H29N3O2. The predicted octanol–water partition coefficient (Wildman–Crippen LogP) is 2.41. The van der Waals surface area contributed by atoms with Crippen LogP contribution in [0.5, 0.6) is 0 Å². The molecule has 0 aromatic carbocycles. The van der Waals surface area contributed by atoms with Crippen molar-refractivity contribution >= 4 is 11.9 Å². The van der Waals surface area contributed by atoms with E-state index in [2.05, 4.69) is 10.6 Å². The first kappa shape index (κ1) is 15.6. The van der Waals surface area contributed by atoms with Gasteiger partial charge in [-0.3, -0.25) is 4.79 Å². The predicted molar refractivity (Wildman–Crippen MR) is 85.5 cm³/mol. The van der Waals surface area contributed by atoms with Crippen molar-refractivity contribution in [1.29, 1.82) is 0 Å². The molecule has 5 nitrogen and oxygen atoms in total. The summed E-state index contributed by atoms with van der Waals surface area (Å²) in [5, 5.41) is 5.89. The van der Waals surface area contributed by atoms with Gasteiger partial charge in [0.2, 0.25) is 5.91 Å². The molecule has 0 unspecified atom stereocenters. The molecule has 2 aliphatic heterocycles. The molecule has 0 aromatic heterocycles. The Kier molecular flexibility index (Phi) is 5.21. The summed E-state index contributed by atoms with van der Waals surface area (Å²) in [6.07, 6.45) is 11.5. The molecule has 3 amide bonds. The minimum absolute atomic E-state index is 0.0146. The zero-order chi connectivity index (χ0) is 15.4. The fourth-order valence-corrected chi connectivity index (χ4v) is 4.36. The number of urea groups is 1. The van der Waals surface area contributed by atoms with Crippen molar-refractivity contribution < 1.29 is 9.59 Å². The minimum Gasteiger partial charge on any atom is -0.354 e. The first-order valence-corrected chi connectivity index (χ1v) is 9.10. The lowest BCUT2D eigenvalue weighted by Crippen LogP contribution is -2.52. The second-order valence-corrected chi connectivity index (χ2v) is 7.09. The normalized spacial score (nSPS) is 30.7. The molecule has 1 aliphatic carbocycles. The maximum atomic E-state index is 12.7. The van der Waals surface area contributed by atoms with Crippen molar-refractivity contribution in [3.8, 4) is 0 Å². The lowest BCUT2D eigenvalue weighted by Gasteiger charge is -2.34. The molecule has 0 bridgehead atoms. The zero-order valence-electron chi connectivity index (χ0n) is 13.5. The molecule has 2 saturated heterocycles. The SMILES string of the molecule is O=C1NCCCC[C@@H]1NC(=O)N1CCC[C@H]1C1CCCCC1. The summed E-state index contributed by atoms with van der Waals surface area (Å²) in [5.41, 5.74) is 0. The quantitative estimate of drug-likeness (QED) is 0.823. The van der Waals surface area contributed by atoms with Crippen LogP contribution in [0.2, 0.25) is 0 Å². The van der Waals surface area contributed by atoms with E-state index in [4.69, 9.17) is 0 Å². The van der Waals surface area contributed by atoms with Crippen LogP contribution in [0.3, 0.4) is 0 Å². The molecule has 3 aliphatic rings. The summed E-state index contributed by atoms with van der Waals surface area (Å²) in [6, 6.07) is 0.0341. The van der Waals surface area contributed by atoms with E-state index in [-0.39, 0.29) is 18.0 Å². The number of hydrogen-bond donors (Lipinski definition) is 2. The van der Waals surface area contributed by atoms with Crippen LogP contribution in [0, 0.1) is 5.92 Å². The van der Waals surface area contributed by atoms with Crippen LogP contribution in [-0.4, -0.2) is 42.0 Å². The molecule has 1 saturated carbocycles. The van der Waals surface area contributed by atoms with Crippen molar-refractivity contribution in [2.45, 2.75) is 76.3 Å². The third-order valence-electron chi connectivity index (χ3n) is 5.59. The van der Waals surface area contributed by atoms with Crippen molar-refractivity contribution in [3.63, 3.8) is 0 Å². The van der Waals surface area contributed by atoms with Crippen LogP contribution in [0.4, 0.5) is 4.79 Å². The number of likely N-dealkylation sites (tertiary alicyclic amines) is 1. The smallest absolute Gasteiger partial charge is 0.318 e. The highest BCUT2D eigenvalue weighted by Crippen LogP contribution is 2.34. The number of amides is 3. The van der Waals surface area contributed by atoms with Gasteiger partial charge in [-0.15, -0.1) is 0 Å². The highest BCUT2D eigenvalue weighted by molar-refractivity contribution is 5.87. The fraction of sp³-hybridized carbons (Fsp3) is 0.882. The lowest BCUT2D eigenvalue weighted by molar-refractivity contribution is -0.122. The molecule has 124 valence electrons. The number of nitrogens with one attached hydrogen (secondary N) is 2. The summed E-state index contributed by atoms with van der Waals surface area (Å²) in [6.45, 7) is 1.58. The van der Waals surface area contributed by atoms with Crippen LogP contribution in [0.25, 0.3) is 0 Å². The second kappa shape index (κ2) is 7.34. The van der Waals surface area contributed by atoms with E-state index < -0.39 is 0 Å². The molecular weight excluding hydrogens is 278 g/mol. The molecule has 22 heavy (non-hydrogen) atoms. The Balaban J connectivity index is 1.59. The summed E-state index contributed by atoms with van der Waals surface area (Å²) in [7, 11) is 0. The van der Waals surface area contributed by atoms with Gasteiger partial charge in [0.05, 0.1) is 0 Å². The molecule has 2 heterocycles. The number of carbonyl (C=O) groups is 2. The van der Waals surface area contributed by atoms with Crippen molar-refractivity contribution in [2.24, 2.45) is 5.92 Å². The van der Waals surface area contributed by atoms with Crippen LogP contribution in [0.1, 0.15) is 64.2 Å². The largest absolute Gasteiger partial charge is 0.354 e. The summed E-state index contributed by atoms with van der Waals surface area (Å²) in [4.78, 5) is 26.7. The molecule has 3 rings (SSSR count). The molecule has 5 heteroatoms. The van der Waals surface area contributed by atoms with Crippen LogP contribution < -0.4 is 10.6 Å². The number of rotatable bonds is 2. The van der Waals surface area contributed by atoms with Crippen molar-refractivity contribution in [1.82, 2.24) is 15.5 Å². The number of nitrogens with zero attached hydrogens (tertiary/aromatic N) is 1. The molecule has 0 radical (unpaired) electrons. The molecule has 2 atom stereocenters. The number of carbonyl (C=O) groups excluding carboxylic acids is 2. The van der Waals surface area contributed by atoms with Gasteiger partial charge in [-0.05, 0) is 50.9 Å². The van der Waals surface area contributed by atoms with E-state index >= 15 is 0 Å². The van der Waals surface area contributed by atoms with Gasteiger partial charge in [0.15, 0.2) is 0 Å². The Labute approximate surface area is 133 Å². The third kappa shape index (κ3) is 3.55. The average Bonchev–Trinajstić information content (AvgIpc) is 2.95. The first-order valence-electron chi connectivity index (χ1n) is 9.10. The Morgan fingerprint density at radius 3 is 2.59 bits per heavy atom. The van der Waals surface area contributed by atoms with Gasteiger partial charge >= 0.3 is 6.03 Å². The molecule has 2 N–H and O–H groups in total. The van der Waals surface area contributed by atoms with Gasteiger partial charge in [0, 0.05) is 19.1 Å². The van der Waals surface area contributed by atoms with Gasteiger partial charge in [-0.25, -0.2) is 4.79 Å². The summed E-state index contributed by atoms with van der Waals surface area (Å²) >= 11 is 0. The molecule has 0 aromatic rings. The molecule has 0 spiro atoms. The van der Waals surface area contributed by atoms with E-state index in [1.165, 1.54) is 32.1 Å². The Hall–Kier alpha value is -1.26. The van der Waals surface area contributed by atoms with Crippen molar-refractivity contribution in [3.05, 3.63) is 0 Å². The van der Waals surface area contributed by atoms with Crippen LogP contribution >= 0.6 is 0 Å². The topological polar surface area (TPSA) is 61.4 Å². The zero-order valence-corrected chi connectivity index (χ0v) is 13.5. The first-order chi connectivity index (χ1) is 10.8. The number of hydrogen-bond acceptors (Lipinski definition) is 2. The summed E-state index contributed by atoms with van der Waals surface area (Å²) in [5.74, 6) is 0.657. The van der Waals surface area contributed by atoms with E-state index in [1.807, 2.05) is 4.90 Å². The van der Waals surface area contributed by atoms with Crippen LogP contribution in [0.15, 0.2) is 0 Å².